The van der Waals surface area contributed by atoms with Gasteiger partial charge in [-0.3, -0.25) is 24.5 Å². The molecule has 2 rings (SSSR count). The van der Waals surface area contributed by atoms with E-state index in [0.29, 0.717) is 0 Å². The number of carbonyl (C=O) groups excluding carboxylic acids is 3. The first-order chi connectivity index (χ1) is 13.8. The van der Waals surface area contributed by atoms with Crippen LogP contribution < -0.4 is 0 Å². The van der Waals surface area contributed by atoms with Crippen molar-refractivity contribution >= 4 is 23.4 Å². The largest absolute Gasteiger partial charge is 0.463 e. The van der Waals surface area contributed by atoms with Gasteiger partial charge in [-0.2, -0.15) is 0 Å². The minimum atomic E-state index is -1.81. The molecule has 4 atom stereocenters. The number of carbonyl (C=O) groups is 3. The van der Waals surface area contributed by atoms with E-state index in [4.69, 9.17) is 9.47 Å². The number of esters is 2. The summed E-state index contributed by atoms with van der Waals surface area (Å²) in [7, 11) is 0. The van der Waals surface area contributed by atoms with Gasteiger partial charge in [0.25, 0.3) is 5.69 Å². The highest BCUT2D eigenvalue weighted by Crippen LogP contribution is 2.47. The fraction of sp³-hybridized carbons (Fsp3) is 0.571. The topological polar surface area (TPSA) is 133 Å². The number of non-ortho nitro benzene ring substituents is 1. The van der Waals surface area contributed by atoms with Crippen molar-refractivity contribution < 1.29 is 33.9 Å². The van der Waals surface area contributed by atoms with Crippen molar-refractivity contribution in [2.45, 2.75) is 64.8 Å². The third kappa shape index (κ3) is 5.02. The standard InChI is InChI=1S/C21H27NO8/c1-11(2)29-19(24)17-15(23)10-21(5,26)18(20(25)30-12(3)4)16(17)13-7-6-8-14(9-13)22(27)28/h6-9,11-12,16-18,26H,10H2,1-5H3/t16-,17-,18-,21-/m1/s1. The van der Waals surface area contributed by atoms with Crippen molar-refractivity contribution in [2.75, 3.05) is 0 Å². The van der Waals surface area contributed by atoms with E-state index in [0.717, 1.165) is 0 Å². The van der Waals surface area contributed by atoms with Gasteiger partial charge in [-0.05, 0) is 40.2 Å². The Morgan fingerprint density at radius 1 is 1.17 bits per heavy atom. The maximum absolute atomic E-state index is 12.9. The molecule has 0 aromatic heterocycles. The fourth-order valence-corrected chi connectivity index (χ4v) is 3.87. The van der Waals surface area contributed by atoms with Crippen LogP contribution in [0.3, 0.4) is 0 Å². The zero-order valence-electron chi connectivity index (χ0n) is 17.7. The van der Waals surface area contributed by atoms with Gasteiger partial charge >= 0.3 is 11.9 Å². The van der Waals surface area contributed by atoms with Gasteiger partial charge < -0.3 is 14.6 Å². The first-order valence-corrected chi connectivity index (χ1v) is 9.75. The Hall–Kier alpha value is -2.81. The lowest BCUT2D eigenvalue weighted by Gasteiger charge is -2.43. The number of nitro groups is 1. The lowest BCUT2D eigenvalue weighted by atomic mass is 9.61. The second-order valence-electron chi connectivity index (χ2n) is 8.30. The molecule has 164 valence electrons. The molecule has 9 heteroatoms. The predicted molar refractivity (Wildman–Crippen MR) is 106 cm³/mol. The van der Waals surface area contributed by atoms with Crippen LogP contribution >= 0.6 is 0 Å². The minimum absolute atomic E-state index is 0.203. The first kappa shape index (κ1) is 23.5. The third-order valence-corrected chi connectivity index (χ3v) is 4.94. The number of nitro benzene ring substituents is 1. The summed E-state index contributed by atoms with van der Waals surface area (Å²) in [6.07, 6.45) is -1.47. The van der Waals surface area contributed by atoms with Crippen LogP contribution in [0.5, 0.6) is 0 Å². The molecule has 30 heavy (non-hydrogen) atoms. The van der Waals surface area contributed by atoms with Crippen LogP contribution in [-0.2, 0) is 23.9 Å². The number of rotatable bonds is 6. The molecular weight excluding hydrogens is 394 g/mol. The van der Waals surface area contributed by atoms with Crippen molar-refractivity contribution in [3.05, 3.63) is 39.9 Å². The maximum atomic E-state index is 12.9. The predicted octanol–water partition coefficient (Wildman–Crippen LogP) is 2.54. The van der Waals surface area contributed by atoms with Crippen LogP contribution in [0.4, 0.5) is 5.69 Å². The van der Waals surface area contributed by atoms with Gasteiger partial charge in [0.2, 0.25) is 0 Å². The van der Waals surface area contributed by atoms with Crippen LogP contribution in [0, 0.1) is 22.0 Å². The van der Waals surface area contributed by atoms with Gasteiger partial charge in [0.1, 0.15) is 5.92 Å². The number of Topliss-reactive ketones (excluding diaryl/α,β-unsaturated/α-hetero) is 1. The number of ether oxygens (including phenoxy) is 2. The minimum Gasteiger partial charge on any atom is -0.463 e. The molecule has 0 bridgehead atoms. The first-order valence-electron chi connectivity index (χ1n) is 9.75. The van der Waals surface area contributed by atoms with E-state index in [1.807, 2.05) is 0 Å². The van der Waals surface area contributed by atoms with Gasteiger partial charge in [0.05, 0.1) is 28.7 Å². The highest BCUT2D eigenvalue weighted by Gasteiger charge is 2.57. The summed E-state index contributed by atoms with van der Waals surface area (Å²) in [4.78, 5) is 49.3. The van der Waals surface area contributed by atoms with Crippen molar-refractivity contribution in [2.24, 2.45) is 11.8 Å². The summed E-state index contributed by atoms with van der Waals surface area (Å²) in [6.45, 7) is 7.83. The molecular formula is C21H27NO8. The average Bonchev–Trinajstić information content (AvgIpc) is 2.58. The second kappa shape index (κ2) is 8.91. The van der Waals surface area contributed by atoms with Crippen molar-refractivity contribution in [1.29, 1.82) is 0 Å². The average molecular weight is 421 g/mol. The van der Waals surface area contributed by atoms with E-state index in [9.17, 15) is 29.6 Å². The maximum Gasteiger partial charge on any atom is 0.317 e. The van der Waals surface area contributed by atoms with E-state index in [1.165, 1.54) is 31.2 Å². The highest BCUT2D eigenvalue weighted by molar-refractivity contribution is 6.02. The summed E-state index contributed by atoms with van der Waals surface area (Å²) in [5.41, 5.74) is -1.88. The van der Waals surface area contributed by atoms with Crippen molar-refractivity contribution in [3.8, 4) is 0 Å². The fourth-order valence-electron chi connectivity index (χ4n) is 3.87. The normalized spacial score (nSPS) is 26.5. The van der Waals surface area contributed by atoms with Crippen LogP contribution in [0.2, 0.25) is 0 Å². The molecule has 1 aromatic rings. The van der Waals surface area contributed by atoms with Crippen LogP contribution in [0.1, 0.15) is 52.5 Å². The highest BCUT2D eigenvalue weighted by atomic mass is 16.6. The molecule has 0 radical (unpaired) electrons. The van der Waals surface area contributed by atoms with E-state index < -0.39 is 64.6 Å². The Bertz CT molecular complexity index is 837. The van der Waals surface area contributed by atoms with E-state index >= 15 is 0 Å². The zero-order chi connectivity index (χ0) is 22.8. The molecule has 1 aliphatic carbocycles. The Kier molecular flexibility index (Phi) is 6.97. The summed E-state index contributed by atoms with van der Waals surface area (Å²) >= 11 is 0. The number of benzene rings is 1. The van der Waals surface area contributed by atoms with Crippen molar-refractivity contribution in [3.63, 3.8) is 0 Å². The lowest BCUT2D eigenvalue weighted by molar-refractivity contribution is -0.385. The number of ketones is 1. The summed E-state index contributed by atoms with van der Waals surface area (Å²) in [6, 6.07) is 5.34. The summed E-state index contributed by atoms with van der Waals surface area (Å²) in [5, 5.41) is 22.2. The lowest BCUT2D eigenvalue weighted by Crippen LogP contribution is -2.55. The molecule has 0 amide bonds. The monoisotopic (exact) mass is 421 g/mol. The molecule has 1 fully saturated rings. The summed E-state index contributed by atoms with van der Waals surface area (Å²) in [5.74, 6) is -6.12. The molecule has 1 N–H and O–H groups in total. The Balaban J connectivity index is 2.67. The van der Waals surface area contributed by atoms with Crippen LogP contribution in [0.25, 0.3) is 0 Å². The number of nitrogens with zero attached hydrogens (tertiary/aromatic N) is 1. The summed E-state index contributed by atoms with van der Waals surface area (Å²) < 4.78 is 10.5. The van der Waals surface area contributed by atoms with Crippen LogP contribution in [-0.4, -0.2) is 45.6 Å². The SMILES string of the molecule is CC(C)OC(=O)[C@@H]1C(=O)C[C@@](C)(O)[C@@H](C(=O)OC(C)C)[C@@H]1c1cccc([N+](=O)[O-])c1. The molecule has 1 aromatic carbocycles. The van der Waals surface area contributed by atoms with E-state index in [1.54, 1.807) is 27.7 Å². The molecule has 0 aliphatic heterocycles. The Morgan fingerprint density at radius 2 is 1.73 bits per heavy atom. The Labute approximate surface area is 174 Å². The number of aliphatic hydroxyl groups is 1. The molecule has 9 nitrogen and oxygen atoms in total. The van der Waals surface area contributed by atoms with E-state index in [-0.39, 0.29) is 11.3 Å². The van der Waals surface area contributed by atoms with Gasteiger partial charge in [0, 0.05) is 24.5 Å². The molecule has 0 saturated heterocycles. The number of hydrogen-bond acceptors (Lipinski definition) is 8. The zero-order valence-corrected chi connectivity index (χ0v) is 17.7. The molecule has 1 saturated carbocycles. The second-order valence-corrected chi connectivity index (χ2v) is 8.30. The smallest absolute Gasteiger partial charge is 0.317 e. The van der Waals surface area contributed by atoms with E-state index in [2.05, 4.69) is 0 Å². The molecule has 0 spiro atoms. The molecule has 1 aliphatic rings. The van der Waals surface area contributed by atoms with Gasteiger partial charge in [0.15, 0.2) is 5.78 Å². The van der Waals surface area contributed by atoms with Gasteiger partial charge in [-0.15, -0.1) is 0 Å². The van der Waals surface area contributed by atoms with Gasteiger partial charge in [-0.1, -0.05) is 12.1 Å². The third-order valence-electron chi connectivity index (χ3n) is 4.94. The molecule has 0 unspecified atom stereocenters. The number of hydrogen-bond donors (Lipinski definition) is 1. The quantitative estimate of drug-likeness (QED) is 0.321. The Morgan fingerprint density at radius 3 is 2.27 bits per heavy atom. The van der Waals surface area contributed by atoms with Crippen LogP contribution in [0.15, 0.2) is 24.3 Å². The van der Waals surface area contributed by atoms with Gasteiger partial charge in [-0.25, -0.2) is 0 Å². The van der Waals surface area contributed by atoms with Crippen molar-refractivity contribution in [1.82, 2.24) is 0 Å². The molecule has 0 heterocycles.